The zero-order valence-corrected chi connectivity index (χ0v) is 47.7. The zero-order chi connectivity index (χ0) is 79.4. The highest BCUT2D eigenvalue weighted by Crippen LogP contribution is 2.35. The number of rotatable bonds is 12. The molecule has 0 saturated carbocycles. The summed E-state index contributed by atoms with van der Waals surface area (Å²) in [6.07, 6.45) is -2.20. The first-order chi connectivity index (χ1) is 49.6. The Morgan fingerprint density at radius 1 is 0.543 bits per heavy atom. The van der Waals surface area contributed by atoms with E-state index in [9.17, 15) is 15.8 Å². The Morgan fingerprint density at radius 3 is 1.37 bits per heavy atom. The molecule has 6 aromatic heterocycles. The van der Waals surface area contributed by atoms with E-state index in [-0.39, 0.29) is 173 Å². The van der Waals surface area contributed by atoms with Gasteiger partial charge in [-0.05, 0) is 129 Å². The van der Waals surface area contributed by atoms with Crippen LogP contribution in [0.5, 0.6) is 0 Å². The lowest BCUT2D eigenvalue weighted by Gasteiger charge is -2.32. The van der Waals surface area contributed by atoms with Gasteiger partial charge in [0.2, 0.25) is 0 Å². The van der Waals surface area contributed by atoms with E-state index in [1.165, 1.54) is 34.1 Å². The van der Waals surface area contributed by atoms with Gasteiger partial charge < -0.3 is 15.9 Å². The van der Waals surface area contributed by atoms with Crippen LogP contribution in [0.2, 0.25) is 17.2 Å². The normalized spacial score (nSPS) is 22.9. The molecule has 3 saturated heterocycles. The lowest BCUT2D eigenvalue weighted by molar-refractivity contribution is 0.211. The maximum Gasteiger partial charge on any atom is 0.162 e. The van der Waals surface area contributed by atoms with E-state index in [1.54, 1.807) is 20.8 Å². The minimum Gasteiger partial charge on any atom is -0.367 e. The van der Waals surface area contributed by atoms with Gasteiger partial charge in [-0.2, -0.15) is 15.8 Å². The molecule has 0 atom stereocenters. The third-order valence-electron chi connectivity index (χ3n) is 12.4. The average Bonchev–Trinajstić information content (AvgIpc) is 1.24. The Kier molecular flexibility index (Phi) is 11.2. The van der Waals surface area contributed by atoms with E-state index in [4.69, 9.17) is 70.6 Å². The van der Waals surface area contributed by atoms with E-state index in [0.29, 0.717) is 50.0 Å². The number of piperidine rings is 3. The van der Waals surface area contributed by atoms with E-state index in [2.05, 4.69) is 29.9 Å². The SMILES string of the molecule is [2H]c1nc(N([2H])C2([2H])CC([2H])([2H])N(C([2H])([2H])c3ccc(C)c(C#N)c3[2H])C([2H])([2H])C2)c2c([2H])c(Cl)sc2n1.[2H]c1nc(N([2H])C2([2H])CCN(C([2H])([2H])c3c([2H])cc(C)c(C#N)c3[2H])CC2)c2c([2H])c(Cl)sc2n1.[2H]c1nc(N([2H])C2CCN(C([2H])([2H])c3c([2H])cc(C)c(C#N)c3[2H])CC2)c2c([2H])c(Cl)sc2n1. The molecule has 81 heavy (non-hydrogen) atoms. The van der Waals surface area contributed by atoms with Gasteiger partial charge in [-0.15, -0.1) is 34.0 Å². The topological polar surface area (TPSA) is 195 Å². The maximum absolute atomic E-state index is 9.41. The molecule has 0 bridgehead atoms. The van der Waals surface area contributed by atoms with Gasteiger partial charge in [0, 0.05) is 90.4 Å². The summed E-state index contributed by atoms with van der Waals surface area (Å²) < 4.78 is 221. The second-order valence-electron chi connectivity index (χ2n) is 18.0. The molecule has 3 aliphatic heterocycles. The van der Waals surface area contributed by atoms with Crippen LogP contribution in [0.4, 0.5) is 17.5 Å². The zero-order valence-electron chi connectivity index (χ0n) is 69.0. The fourth-order valence-corrected chi connectivity index (χ4v) is 11.1. The number of anilines is 3. The molecule has 414 valence electrons. The van der Waals surface area contributed by atoms with Crippen LogP contribution in [0, 0.1) is 54.8 Å². The minimum atomic E-state index is -2.93. The number of benzene rings is 3. The van der Waals surface area contributed by atoms with Crippen molar-refractivity contribution in [3.8, 4) is 18.2 Å². The monoisotopic (exact) mass is 1220 g/mol. The summed E-state index contributed by atoms with van der Waals surface area (Å²) in [6.45, 7) is -7.77. The number of halogens is 3. The highest BCUT2D eigenvalue weighted by Gasteiger charge is 2.24. The minimum absolute atomic E-state index is 0.00305. The number of nitrogens with zero attached hydrogens (tertiary/aromatic N) is 12. The summed E-state index contributed by atoms with van der Waals surface area (Å²) in [6, 6.07) is 5.05. The highest BCUT2D eigenvalue weighted by atomic mass is 35.5. The van der Waals surface area contributed by atoms with Gasteiger partial charge >= 0.3 is 0 Å². The molecule has 3 aliphatic rings. The van der Waals surface area contributed by atoms with Gasteiger partial charge in [-0.3, -0.25) is 14.7 Å². The Balaban J connectivity index is 0.000000172. The first-order valence-corrected chi connectivity index (χ1v) is 28.2. The molecule has 3 fully saturated rings. The van der Waals surface area contributed by atoms with Crippen LogP contribution in [0.1, 0.15) is 120 Å². The molecule has 0 unspecified atom stereocenters. The molecule has 21 heteroatoms. The Labute approximate surface area is 535 Å². The van der Waals surface area contributed by atoms with Crippen LogP contribution in [-0.2, 0) is 19.5 Å². The second-order valence-corrected chi connectivity index (χ2v) is 22.8. The van der Waals surface area contributed by atoms with Crippen molar-refractivity contribution < 1.29 is 35.8 Å². The molecule has 0 aliphatic carbocycles. The summed E-state index contributed by atoms with van der Waals surface area (Å²) in [5, 5.41) is 31.1. The van der Waals surface area contributed by atoms with Crippen molar-refractivity contribution in [3.63, 3.8) is 0 Å². The van der Waals surface area contributed by atoms with Gasteiger partial charge in [0.25, 0.3) is 0 Å². The molecule has 0 spiro atoms. The first-order valence-electron chi connectivity index (χ1n) is 37.5. The number of nitriles is 3. The predicted octanol–water partition coefficient (Wildman–Crippen LogP) is 13.8. The molecule has 0 radical (unpaired) electrons. The summed E-state index contributed by atoms with van der Waals surface area (Å²) >= 11 is 21.1. The van der Waals surface area contributed by atoms with E-state index in [1.807, 2.05) is 18.2 Å². The molecule has 0 amide bonds. The molecule has 9 heterocycles. The smallest absolute Gasteiger partial charge is 0.162 e. The fourth-order valence-electron chi connectivity index (χ4n) is 8.15. The number of aryl methyl sites for hydroxylation is 3. The highest BCUT2D eigenvalue weighted by molar-refractivity contribution is 7.23. The van der Waals surface area contributed by atoms with Crippen molar-refractivity contribution in [2.45, 2.75) is 96.9 Å². The van der Waals surface area contributed by atoms with Crippen LogP contribution in [0.3, 0.4) is 0 Å². The maximum atomic E-state index is 9.41. The Hall–Kier alpha value is -6.60. The fraction of sp³-hybridized carbons (Fsp3) is 0.350. The molecule has 3 aromatic carbocycles. The number of aromatic nitrogens is 6. The number of hydrogen-bond donors (Lipinski definition) is 3. The number of hydrogen-bond acceptors (Lipinski definition) is 18. The average molecular weight is 1220 g/mol. The second kappa shape index (κ2) is 27.0. The summed E-state index contributed by atoms with van der Waals surface area (Å²) in [4.78, 5) is 27.7. The molecular formula is C60H60Cl3N15S3. The quantitative estimate of drug-likeness (QED) is 0.104. The van der Waals surface area contributed by atoms with Crippen LogP contribution < -0.4 is 15.9 Å². The lowest BCUT2D eigenvalue weighted by Crippen LogP contribution is -2.38. The number of thiophene rings is 3. The standard InChI is InChI=1S/3C20H20ClN5S/c3*1-13-2-3-14(8-15(13)10-22)11-26-6-4-16(5-7-26)25-19-17-9-18(21)27-20(17)24-12-23-19/h3*2-3,8-9,12,16H,4-7,11H2,1H3,(H,23,24,25)/i6D2,7D2,8D,9D,11D2,12D,16D;3D,8D,9D,11D2,12D,16D;3D,8D,9D,11D2,12D/hD3. The summed E-state index contributed by atoms with van der Waals surface area (Å²) in [5.41, 5.74) is 0.485. The summed E-state index contributed by atoms with van der Waals surface area (Å²) in [7, 11) is 0. The van der Waals surface area contributed by atoms with E-state index < -0.39 is 81.1 Å². The van der Waals surface area contributed by atoms with Crippen molar-refractivity contribution in [1.29, 1.82) is 15.8 Å². The predicted molar refractivity (Wildman–Crippen MR) is 331 cm³/mol. The van der Waals surface area contributed by atoms with Gasteiger partial charge in [-0.25, -0.2) is 29.9 Å². The summed E-state index contributed by atoms with van der Waals surface area (Å²) in [5.74, 6) is -0.334. The molecule has 9 aromatic rings. The molecule has 15 nitrogen and oxygen atoms in total. The van der Waals surface area contributed by atoms with Crippen molar-refractivity contribution in [2.24, 2.45) is 0 Å². The first kappa shape index (κ1) is 33.5. The molecule has 12 rings (SSSR count). The number of nitrogens with one attached hydrogen (secondary N) is 3. The third kappa shape index (κ3) is 14.9. The molecule has 3 N–H and O–H groups in total. The van der Waals surface area contributed by atoms with Gasteiger partial charge in [0.05, 0.1) is 77.8 Å². The van der Waals surface area contributed by atoms with Crippen LogP contribution >= 0.6 is 68.8 Å². The van der Waals surface area contributed by atoms with Gasteiger partial charge in [0.15, 0.2) is 4.24 Å². The van der Waals surface area contributed by atoms with E-state index >= 15 is 0 Å². The Bertz CT molecular complexity index is 5150. The van der Waals surface area contributed by atoms with Crippen LogP contribution in [0.25, 0.3) is 30.6 Å². The molecular weight excluding hydrogens is 1130 g/mol. The number of fused-ring (bicyclic) bond motifs is 3. The van der Waals surface area contributed by atoms with Crippen LogP contribution in [0.15, 0.2) is 91.5 Å². The lowest BCUT2D eigenvalue weighted by atomic mass is 10.0. The Morgan fingerprint density at radius 2 is 0.926 bits per heavy atom. The van der Waals surface area contributed by atoms with Crippen molar-refractivity contribution in [1.82, 2.24) is 44.6 Å². The van der Waals surface area contributed by atoms with Crippen molar-refractivity contribution in [2.75, 3.05) is 55.1 Å². The van der Waals surface area contributed by atoms with E-state index in [0.717, 1.165) is 44.6 Å². The van der Waals surface area contributed by atoms with Crippen molar-refractivity contribution in [3.05, 3.63) is 155 Å². The third-order valence-corrected chi connectivity index (χ3v) is 15.7. The van der Waals surface area contributed by atoms with Crippen molar-refractivity contribution >= 4 is 117 Å². The van der Waals surface area contributed by atoms with Crippen LogP contribution in [-0.4, -0.2) is 102 Å². The van der Waals surface area contributed by atoms with Gasteiger partial charge in [0.1, 0.15) is 55.0 Å². The van der Waals surface area contributed by atoms with Gasteiger partial charge in [-0.1, -0.05) is 71.2 Å². The number of likely N-dealkylation sites (tertiary alicyclic amines) is 3. The largest absolute Gasteiger partial charge is 0.367 e.